The summed E-state index contributed by atoms with van der Waals surface area (Å²) in [5, 5.41) is 13.7. The van der Waals surface area contributed by atoms with Crippen LogP contribution in [0.15, 0.2) is 46.9 Å². The molecule has 3 N–H and O–H groups in total. The highest BCUT2D eigenvalue weighted by Crippen LogP contribution is 2.40. The van der Waals surface area contributed by atoms with Crippen molar-refractivity contribution < 1.29 is 4.79 Å². The highest BCUT2D eigenvalue weighted by Gasteiger charge is 2.27. The molecule has 4 aliphatic rings. The number of aromatic nitrogens is 4. The zero-order chi connectivity index (χ0) is 36.2. The van der Waals surface area contributed by atoms with E-state index in [-0.39, 0.29) is 6.03 Å². The van der Waals surface area contributed by atoms with Gasteiger partial charge >= 0.3 is 6.03 Å². The molecule has 6 aromatic rings. The van der Waals surface area contributed by atoms with Crippen molar-refractivity contribution in [1.29, 1.82) is 0 Å². The molecular weight excluding hydrogens is 750 g/mol. The lowest BCUT2D eigenvalue weighted by molar-refractivity contribution is 0.166. The van der Waals surface area contributed by atoms with E-state index in [9.17, 15) is 4.79 Å². The van der Waals surface area contributed by atoms with Crippen LogP contribution < -0.4 is 16.0 Å². The van der Waals surface area contributed by atoms with Gasteiger partial charge in [0.05, 0.1) is 51.8 Å². The summed E-state index contributed by atoms with van der Waals surface area (Å²) in [5.41, 5.74) is 8.72. The van der Waals surface area contributed by atoms with Crippen LogP contribution in [0.1, 0.15) is 43.1 Å². The number of benzene rings is 2. The molecule has 53 heavy (non-hydrogen) atoms. The van der Waals surface area contributed by atoms with E-state index in [1.165, 1.54) is 16.0 Å². The number of hydrogen-bond donors (Lipinski definition) is 3. The Morgan fingerprint density at radius 3 is 1.94 bits per heavy atom. The summed E-state index contributed by atoms with van der Waals surface area (Å²) in [4.78, 5) is 46.8. The van der Waals surface area contributed by atoms with Crippen molar-refractivity contribution in [3.8, 4) is 0 Å². The maximum absolute atomic E-state index is 12.4. The summed E-state index contributed by atoms with van der Waals surface area (Å²) in [6, 6.07) is 8.03. The average Bonchev–Trinajstić information content (AvgIpc) is 3.96. The first-order valence-electron chi connectivity index (χ1n) is 17.2. The normalized spacial score (nSPS) is 15.1. The van der Waals surface area contributed by atoms with E-state index < -0.39 is 0 Å². The van der Waals surface area contributed by atoms with Gasteiger partial charge in [-0.3, -0.25) is 9.98 Å². The number of fused-ring (bicyclic) bond motifs is 8. The van der Waals surface area contributed by atoms with Crippen molar-refractivity contribution in [1.82, 2.24) is 35.1 Å². The maximum atomic E-state index is 12.4. The van der Waals surface area contributed by atoms with Gasteiger partial charge in [-0.1, -0.05) is 23.2 Å². The molecule has 0 fully saturated rings. The van der Waals surface area contributed by atoms with E-state index in [1.807, 2.05) is 41.6 Å². The Morgan fingerprint density at radius 2 is 1.36 bits per heavy atom. The molecule has 0 saturated carbocycles. The molecule has 4 aromatic heterocycles. The molecule has 0 bridgehead atoms. The molecule has 2 aromatic carbocycles. The first kappa shape index (κ1) is 34.1. The lowest BCUT2D eigenvalue weighted by Gasteiger charge is -2.29. The van der Waals surface area contributed by atoms with Crippen molar-refractivity contribution in [3.05, 3.63) is 90.1 Å². The van der Waals surface area contributed by atoms with Gasteiger partial charge in [0.25, 0.3) is 0 Å². The Kier molecular flexibility index (Phi) is 8.95. The molecule has 8 heterocycles. The highest BCUT2D eigenvalue weighted by atomic mass is 35.5. The van der Waals surface area contributed by atoms with Crippen LogP contribution in [0, 0.1) is 0 Å². The topological polar surface area (TPSA) is 136 Å². The molecule has 0 saturated heterocycles. The molecule has 0 atom stereocenters. The zero-order valence-electron chi connectivity index (χ0n) is 28.8. The van der Waals surface area contributed by atoms with Gasteiger partial charge < -0.3 is 25.8 Å². The number of hydrogen-bond acceptors (Lipinski definition) is 12. The highest BCUT2D eigenvalue weighted by molar-refractivity contribution is 7.19. The minimum atomic E-state index is 0.0316. The van der Waals surface area contributed by atoms with Crippen molar-refractivity contribution in [2.45, 2.75) is 39.0 Å². The van der Waals surface area contributed by atoms with Gasteiger partial charge in [-0.2, -0.15) is 0 Å². The van der Waals surface area contributed by atoms with Crippen molar-refractivity contribution >= 4 is 108 Å². The third-order valence-electron chi connectivity index (χ3n) is 9.75. The molecule has 268 valence electrons. The van der Waals surface area contributed by atoms with Crippen LogP contribution in [-0.2, 0) is 39.0 Å². The number of carbonyl (C=O) groups is 1. The van der Waals surface area contributed by atoms with Crippen LogP contribution in [0.3, 0.4) is 0 Å². The molecule has 10 rings (SSSR count). The average molecular weight is 783 g/mol. The second kappa shape index (κ2) is 13.9. The number of nitrogens with one attached hydrogen (secondary N) is 3. The number of nitrogens with zero attached hydrogens (tertiary/aromatic N) is 8. The first-order valence-corrected chi connectivity index (χ1v) is 19.6. The van der Waals surface area contributed by atoms with Gasteiger partial charge in [0, 0.05) is 49.4 Å². The van der Waals surface area contributed by atoms with Crippen LogP contribution in [0.4, 0.5) is 27.8 Å². The van der Waals surface area contributed by atoms with Gasteiger partial charge in [-0.25, -0.2) is 24.7 Å². The number of urea groups is 1. The molecular formula is C37H33Cl2N11OS2. The Balaban J connectivity index is 0.000000143. The fraction of sp³-hybridized carbons (Fsp3) is 0.270. The van der Waals surface area contributed by atoms with Gasteiger partial charge in [0.1, 0.15) is 34.0 Å². The van der Waals surface area contributed by atoms with Crippen LogP contribution in [0.5, 0.6) is 0 Å². The molecule has 4 aliphatic heterocycles. The Hall–Kier alpha value is -4.73. The molecule has 2 amide bonds. The Morgan fingerprint density at radius 1 is 0.792 bits per heavy atom. The molecule has 0 unspecified atom stereocenters. The minimum Gasteiger partial charge on any atom is -0.338 e. The fourth-order valence-corrected chi connectivity index (χ4v) is 9.96. The third kappa shape index (κ3) is 6.38. The lowest BCUT2D eigenvalue weighted by atomic mass is 10.0. The monoisotopic (exact) mass is 781 g/mol. The zero-order valence-corrected chi connectivity index (χ0v) is 32.0. The number of amides is 2. The van der Waals surface area contributed by atoms with Crippen molar-refractivity contribution in [2.24, 2.45) is 9.98 Å². The van der Waals surface area contributed by atoms with E-state index in [0.29, 0.717) is 36.2 Å². The largest absolute Gasteiger partial charge is 0.338 e. The van der Waals surface area contributed by atoms with Crippen LogP contribution in [-0.4, -0.2) is 75.4 Å². The number of rotatable bonds is 4. The summed E-state index contributed by atoms with van der Waals surface area (Å²) >= 11 is 16.3. The quantitative estimate of drug-likeness (QED) is 0.166. The number of anilines is 4. The van der Waals surface area contributed by atoms with Crippen LogP contribution in [0.2, 0.25) is 10.0 Å². The first-order chi connectivity index (χ1) is 25.8. The van der Waals surface area contributed by atoms with E-state index in [0.717, 1.165) is 96.5 Å². The second-order valence-corrected chi connectivity index (χ2v) is 16.3. The van der Waals surface area contributed by atoms with E-state index in [4.69, 9.17) is 23.2 Å². The van der Waals surface area contributed by atoms with Gasteiger partial charge in [-0.15, -0.1) is 22.7 Å². The molecule has 0 radical (unpaired) electrons. The Bertz CT molecular complexity index is 2510. The van der Waals surface area contributed by atoms with Gasteiger partial charge in [-0.05, 0) is 77.0 Å². The minimum absolute atomic E-state index is 0.0316. The van der Waals surface area contributed by atoms with Gasteiger partial charge in [0.15, 0.2) is 0 Å². The van der Waals surface area contributed by atoms with E-state index in [2.05, 4.69) is 45.9 Å². The molecule has 0 aliphatic carbocycles. The summed E-state index contributed by atoms with van der Waals surface area (Å²) < 4.78 is 0. The number of halogens is 2. The summed E-state index contributed by atoms with van der Waals surface area (Å²) in [7, 11) is 3.56. The third-order valence-corrected chi connectivity index (χ3v) is 12.6. The van der Waals surface area contributed by atoms with E-state index in [1.54, 1.807) is 54.3 Å². The van der Waals surface area contributed by atoms with Crippen molar-refractivity contribution in [2.75, 3.05) is 37.8 Å². The number of carbonyl (C=O) groups excluding carboxylic acids is 1. The molecule has 16 heteroatoms. The summed E-state index contributed by atoms with van der Waals surface area (Å²) in [5.74, 6) is 1.58. The van der Waals surface area contributed by atoms with Crippen LogP contribution in [0.25, 0.3) is 20.4 Å². The predicted molar refractivity (Wildman–Crippen MR) is 216 cm³/mol. The Labute approximate surface area is 323 Å². The molecule has 12 nitrogen and oxygen atoms in total. The van der Waals surface area contributed by atoms with Crippen LogP contribution >= 0.6 is 45.9 Å². The fourth-order valence-electron chi connectivity index (χ4n) is 7.13. The maximum Gasteiger partial charge on any atom is 0.319 e. The van der Waals surface area contributed by atoms with Crippen molar-refractivity contribution in [3.63, 3.8) is 0 Å². The van der Waals surface area contributed by atoms with Gasteiger partial charge in [0.2, 0.25) is 0 Å². The van der Waals surface area contributed by atoms with E-state index >= 15 is 0 Å². The summed E-state index contributed by atoms with van der Waals surface area (Å²) in [6.45, 7) is 4.56. The predicted octanol–water partition coefficient (Wildman–Crippen LogP) is 7.73. The second-order valence-electron chi connectivity index (χ2n) is 13.3. The number of thiophene rings is 2. The standard InChI is InChI=1S/C20H19ClN6OS.C17H14ClN5S/c1-26(2)20(28)27-4-3-13-16(9-27)29-19-17(13)18(23-10-24-19)25-15-6-12-8-22-7-11(12)5-14(15)21;18-12-3-9-5-20-6-10(9)4-13(12)23-16-15-11-1-2-19-7-14(11)24-17(15)22-8-21-16/h5-6,8,10H,3-4,7,9H2,1-2H3,(H,23,24,25);3-4,6,8,19H,1-2,5,7H2,(H,21,22,23). The smallest absolute Gasteiger partial charge is 0.319 e. The lowest BCUT2D eigenvalue weighted by Crippen LogP contribution is -2.41. The summed E-state index contributed by atoms with van der Waals surface area (Å²) in [6.07, 6.45) is 8.73. The number of aliphatic imine (C=N–C) groups is 2. The molecule has 0 spiro atoms. The SMILES string of the molecule is CN(C)C(=O)N1CCc2c(sc3ncnc(Nc4cc5c(cc4Cl)CN=C5)c23)C1.Clc1cc2c(cc1Nc1ncnc3sc4c(c13)CCNC4)C=NC2.